The largest absolute Gasteiger partial charge is 0.508 e. The maximum atomic E-state index is 13.2. The van der Waals surface area contributed by atoms with Crippen molar-refractivity contribution >= 4 is 33.0 Å². The molecule has 1 saturated carbocycles. The second-order valence-corrected chi connectivity index (χ2v) is 7.84. The van der Waals surface area contributed by atoms with E-state index in [1.54, 1.807) is 30.5 Å². The van der Waals surface area contributed by atoms with Crippen LogP contribution in [0.3, 0.4) is 0 Å². The lowest BCUT2D eigenvalue weighted by Crippen LogP contribution is -2.25. The van der Waals surface area contributed by atoms with Gasteiger partial charge in [0.2, 0.25) is 0 Å². The van der Waals surface area contributed by atoms with Gasteiger partial charge in [0, 0.05) is 10.4 Å². The van der Waals surface area contributed by atoms with E-state index in [1.165, 1.54) is 11.1 Å². The Hall–Kier alpha value is -2.47. The van der Waals surface area contributed by atoms with Crippen LogP contribution in [0, 0.1) is 0 Å². The fourth-order valence-corrected chi connectivity index (χ4v) is 3.99. The molecule has 1 aliphatic carbocycles. The first kappa shape index (κ1) is 17.9. The lowest BCUT2D eigenvalue weighted by molar-refractivity contribution is 0.416. The van der Waals surface area contributed by atoms with E-state index >= 15 is 0 Å². The molecule has 27 heavy (non-hydrogen) atoms. The molecule has 2 aromatic carbocycles. The van der Waals surface area contributed by atoms with Crippen LogP contribution in [-0.4, -0.2) is 21.0 Å². The molecule has 138 valence electrons. The Morgan fingerprint density at radius 2 is 1.96 bits per heavy atom. The van der Waals surface area contributed by atoms with Crippen molar-refractivity contribution in [2.75, 3.05) is 0 Å². The molecule has 0 unspecified atom stereocenters. The lowest BCUT2D eigenvalue weighted by atomic mass is 9.88. The van der Waals surface area contributed by atoms with Gasteiger partial charge < -0.3 is 5.11 Å². The minimum Gasteiger partial charge on any atom is -0.508 e. The van der Waals surface area contributed by atoms with E-state index in [-0.39, 0.29) is 17.2 Å². The van der Waals surface area contributed by atoms with Gasteiger partial charge in [-0.3, -0.25) is 4.79 Å². The molecule has 6 heteroatoms. The molecular formula is C21H20BrN3O2. The molecule has 0 radical (unpaired) electrons. The second kappa shape index (κ2) is 7.64. The van der Waals surface area contributed by atoms with E-state index < -0.39 is 0 Å². The van der Waals surface area contributed by atoms with E-state index in [0.717, 1.165) is 41.5 Å². The summed E-state index contributed by atoms with van der Waals surface area (Å²) in [6, 6.07) is 12.4. The van der Waals surface area contributed by atoms with Crippen LogP contribution in [0.2, 0.25) is 0 Å². The predicted octanol–water partition coefficient (Wildman–Crippen LogP) is 4.79. The highest BCUT2D eigenvalue weighted by Crippen LogP contribution is 2.32. The molecule has 4 rings (SSSR count). The Kier molecular flexibility index (Phi) is 5.07. The van der Waals surface area contributed by atoms with Gasteiger partial charge in [-0.25, -0.2) is 4.98 Å². The Morgan fingerprint density at radius 3 is 2.74 bits per heavy atom. The molecule has 1 fully saturated rings. The van der Waals surface area contributed by atoms with Crippen molar-refractivity contribution in [2.45, 2.75) is 38.0 Å². The third kappa shape index (κ3) is 3.81. The number of rotatable bonds is 3. The minimum absolute atomic E-state index is 0.166. The summed E-state index contributed by atoms with van der Waals surface area (Å²) in [6.45, 7) is 0. The third-order valence-corrected chi connectivity index (χ3v) is 5.49. The molecule has 0 aliphatic heterocycles. The zero-order chi connectivity index (χ0) is 18.8. The van der Waals surface area contributed by atoms with Crippen molar-refractivity contribution in [3.05, 3.63) is 68.7 Å². The maximum absolute atomic E-state index is 13.2. The molecule has 0 atom stereocenters. The van der Waals surface area contributed by atoms with E-state index in [2.05, 4.69) is 21.0 Å². The Bertz CT molecular complexity index is 1070. The predicted molar refractivity (Wildman–Crippen MR) is 111 cm³/mol. The van der Waals surface area contributed by atoms with Gasteiger partial charge in [-0.15, -0.1) is 0 Å². The van der Waals surface area contributed by atoms with Crippen molar-refractivity contribution in [3.8, 4) is 5.75 Å². The van der Waals surface area contributed by atoms with E-state index in [9.17, 15) is 9.90 Å². The highest BCUT2D eigenvalue weighted by Gasteiger charge is 2.22. The Morgan fingerprint density at radius 1 is 1.15 bits per heavy atom. The van der Waals surface area contributed by atoms with E-state index in [0.29, 0.717) is 10.9 Å². The number of hydrogen-bond donors (Lipinski definition) is 1. The number of halogens is 1. The summed E-state index contributed by atoms with van der Waals surface area (Å²) < 4.78 is 2.28. The molecule has 0 saturated heterocycles. The molecule has 0 bridgehead atoms. The normalized spacial score (nSPS) is 15.6. The fraction of sp³-hybridized carbons (Fsp3) is 0.286. The quantitative estimate of drug-likeness (QED) is 0.613. The zero-order valence-corrected chi connectivity index (χ0v) is 16.4. The number of nitrogens with zero attached hydrogens (tertiary/aromatic N) is 3. The van der Waals surface area contributed by atoms with E-state index in [1.807, 2.05) is 18.2 Å². The molecule has 1 aliphatic rings. The number of hydrogen-bond acceptors (Lipinski definition) is 4. The van der Waals surface area contributed by atoms with Crippen LogP contribution in [0.15, 0.2) is 56.8 Å². The number of phenolic OH excluding ortho intramolecular Hbond substituents is 1. The van der Waals surface area contributed by atoms with Crippen molar-refractivity contribution in [1.29, 1.82) is 0 Å². The molecule has 1 heterocycles. The van der Waals surface area contributed by atoms with Crippen molar-refractivity contribution in [1.82, 2.24) is 9.66 Å². The molecule has 3 aromatic rings. The summed E-state index contributed by atoms with van der Waals surface area (Å²) >= 11 is 3.43. The summed E-state index contributed by atoms with van der Waals surface area (Å²) in [5, 5.41) is 14.6. The van der Waals surface area contributed by atoms with Gasteiger partial charge in [-0.1, -0.05) is 47.3 Å². The van der Waals surface area contributed by atoms with Gasteiger partial charge in [0.05, 0.1) is 17.1 Å². The number of fused-ring (bicyclic) bond motifs is 1. The number of aromatic hydroxyl groups is 1. The SMILES string of the molecule is O=c1c2cc(Br)ccc2nc(C2CCCCC2)n1N=Cc1cccc(O)c1. The molecule has 5 nitrogen and oxygen atoms in total. The third-order valence-electron chi connectivity index (χ3n) is 5.00. The smallest absolute Gasteiger partial charge is 0.282 e. The average molecular weight is 426 g/mol. The minimum atomic E-state index is -0.168. The second-order valence-electron chi connectivity index (χ2n) is 6.92. The average Bonchev–Trinajstić information content (AvgIpc) is 2.68. The monoisotopic (exact) mass is 425 g/mol. The van der Waals surface area contributed by atoms with Gasteiger partial charge in [0.15, 0.2) is 0 Å². The summed E-state index contributed by atoms with van der Waals surface area (Å²) in [5.41, 5.74) is 1.26. The van der Waals surface area contributed by atoms with Crippen molar-refractivity contribution in [2.24, 2.45) is 5.10 Å². The summed E-state index contributed by atoms with van der Waals surface area (Å²) in [4.78, 5) is 18.0. The van der Waals surface area contributed by atoms with Crippen LogP contribution >= 0.6 is 15.9 Å². The first-order chi connectivity index (χ1) is 13.1. The highest BCUT2D eigenvalue weighted by molar-refractivity contribution is 9.10. The zero-order valence-electron chi connectivity index (χ0n) is 14.8. The Balaban J connectivity index is 1.87. The number of benzene rings is 2. The van der Waals surface area contributed by atoms with Crippen LogP contribution in [0.4, 0.5) is 0 Å². The van der Waals surface area contributed by atoms with Crippen LogP contribution in [0.5, 0.6) is 5.75 Å². The molecule has 1 aromatic heterocycles. The Labute approximate surface area is 165 Å². The van der Waals surface area contributed by atoms with Gasteiger partial charge in [0.25, 0.3) is 5.56 Å². The van der Waals surface area contributed by atoms with Crippen LogP contribution in [-0.2, 0) is 0 Å². The van der Waals surface area contributed by atoms with Crippen LogP contribution in [0.1, 0.15) is 49.4 Å². The van der Waals surface area contributed by atoms with Crippen molar-refractivity contribution < 1.29 is 5.11 Å². The van der Waals surface area contributed by atoms with E-state index in [4.69, 9.17) is 4.98 Å². The maximum Gasteiger partial charge on any atom is 0.282 e. The highest BCUT2D eigenvalue weighted by atomic mass is 79.9. The first-order valence-corrected chi connectivity index (χ1v) is 9.97. The first-order valence-electron chi connectivity index (χ1n) is 9.17. The molecule has 1 N–H and O–H groups in total. The lowest BCUT2D eigenvalue weighted by Gasteiger charge is -2.22. The van der Waals surface area contributed by atoms with Crippen LogP contribution < -0.4 is 5.56 Å². The van der Waals surface area contributed by atoms with Gasteiger partial charge in [-0.2, -0.15) is 9.78 Å². The van der Waals surface area contributed by atoms with Crippen LogP contribution in [0.25, 0.3) is 10.9 Å². The van der Waals surface area contributed by atoms with Gasteiger partial charge in [0.1, 0.15) is 11.6 Å². The summed E-state index contributed by atoms with van der Waals surface area (Å²) in [5.74, 6) is 1.13. The fourth-order valence-electron chi connectivity index (χ4n) is 3.63. The van der Waals surface area contributed by atoms with Gasteiger partial charge >= 0.3 is 0 Å². The summed E-state index contributed by atoms with van der Waals surface area (Å²) in [7, 11) is 0. The summed E-state index contributed by atoms with van der Waals surface area (Å²) in [6.07, 6.45) is 7.17. The molecule has 0 amide bonds. The van der Waals surface area contributed by atoms with Gasteiger partial charge in [-0.05, 0) is 48.7 Å². The van der Waals surface area contributed by atoms with Crippen molar-refractivity contribution in [3.63, 3.8) is 0 Å². The molecular weight excluding hydrogens is 406 g/mol. The standard InChI is InChI=1S/C21H20BrN3O2/c22-16-9-10-19-18(12-16)21(27)25(20(24-19)15-6-2-1-3-7-15)23-13-14-5-4-8-17(26)11-14/h4-5,8-13,15,26H,1-3,6-7H2. The number of aromatic nitrogens is 2. The topological polar surface area (TPSA) is 67.5 Å². The number of phenols is 1. The molecule has 0 spiro atoms.